The van der Waals surface area contributed by atoms with Gasteiger partial charge in [-0.15, -0.1) is 0 Å². The van der Waals surface area contributed by atoms with E-state index in [1.165, 1.54) is 10.9 Å². The van der Waals surface area contributed by atoms with Crippen LogP contribution in [0, 0.1) is 0 Å². The number of nitrogen functional groups attached to an aromatic ring is 2. The van der Waals surface area contributed by atoms with E-state index in [-0.39, 0.29) is 98.7 Å². The Morgan fingerprint density at radius 1 is 0.854 bits per heavy atom. The first kappa shape index (κ1) is 40.1. The molecule has 7 heterocycles. The Morgan fingerprint density at radius 3 is 2.12 bits per heavy atom. The van der Waals surface area contributed by atoms with Crippen LogP contribution in [-0.2, 0) is 51.2 Å². The third kappa shape index (κ3) is 7.44. The van der Waals surface area contributed by atoms with E-state index in [9.17, 15) is 14.6 Å². The molecule has 28 heteroatoms. The van der Waals surface area contributed by atoms with E-state index in [1.54, 1.807) is 0 Å². The number of rotatable bonds is 2. The summed E-state index contributed by atoms with van der Waals surface area (Å²) in [5.41, 5.74) is 10.9. The molecule has 252 valence electrons. The first-order valence-electron chi connectivity index (χ1n) is 12.9. The van der Waals surface area contributed by atoms with E-state index in [0.717, 1.165) is 17.2 Å². The fourth-order valence-corrected chi connectivity index (χ4v) is 8.07. The van der Waals surface area contributed by atoms with E-state index >= 15 is 8.78 Å². The first-order valence-corrected chi connectivity index (χ1v) is 18.1. The molecule has 3 fully saturated rings. The molecule has 10 atom stereocenters. The molecule has 0 amide bonds. The van der Waals surface area contributed by atoms with Crippen molar-refractivity contribution in [1.29, 1.82) is 0 Å². The summed E-state index contributed by atoms with van der Waals surface area (Å²) < 4.78 is 67.9. The van der Waals surface area contributed by atoms with E-state index in [1.807, 2.05) is 0 Å². The number of fused-ring (bicyclic) bond motifs is 5. The van der Waals surface area contributed by atoms with Gasteiger partial charge in [0.15, 0.2) is 47.4 Å². The Hall–Kier alpha value is -0.700. The van der Waals surface area contributed by atoms with Gasteiger partial charge in [0.05, 0.1) is 25.9 Å². The number of ether oxygens (including phenoxy) is 2. The maximum atomic E-state index is 16.0. The van der Waals surface area contributed by atoms with Gasteiger partial charge in [-0.2, -0.15) is 4.98 Å². The number of anilines is 2. The van der Waals surface area contributed by atoms with Gasteiger partial charge in [0.25, 0.3) is 5.56 Å². The molecule has 0 spiro atoms. The van der Waals surface area contributed by atoms with Crippen molar-refractivity contribution in [3.8, 4) is 0 Å². The molecule has 7 rings (SSSR count). The second-order valence-electron chi connectivity index (χ2n) is 10.0. The number of H-pyrrole nitrogens is 1. The quantitative estimate of drug-likeness (QED) is 0.112. The molecule has 48 heavy (non-hydrogen) atoms. The van der Waals surface area contributed by atoms with E-state index in [2.05, 4.69) is 29.9 Å². The van der Waals surface area contributed by atoms with Gasteiger partial charge in [0.1, 0.15) is 36.3 Å². The molecule has 0 aliphatic carbocycles. The van der Waals surface area contributed by atoms with Gasteiger partial charge in [-0.25, -0.2) is 28.7 Å². The number of nitrogens with two attached hydrogens (primary N) is 2. The molecule has 2 radical (unpaired) electrons. The van der Waals surface area contributed by atoms with Crippen LogP contribution in [-0.4, -0.2) is 163 Å². The third-order valence-electron chi connectivity index (χ3n) is 7.23. The van der Waals surface area contributed by atoms with Crippen molar-refractivity contribution in [1.82, 2.24) is 39.0 Å². The molecular formula is C20H24F2N10Na2O10P2S2. The number of nitrogens with zero attached hydrogens (tertiary/aromatic N) is 7. The second-order valence-corrected chi connectivity index (χ2v) is 15.6. The van der Waals surface area contributed by atoms with Gasteiger partial charge in [0, 0.05) is 59.1 Å². The molecule has 3 saturated heterocycles. The number of imidazole rings is 2. The Balaban J connectivity index is 0.00000173. The van der Waals surface area contributed by atoms with Crippen molar-refractivity contribution < 1.29 is 51.6 Å². The van der Waals surface area contributed by atoms with Crippen molar-refractivity contribution in [2.45, 2.75) is 49.2 Å². The van der Waals surface area contributed by atoms with Crippen LogP contribution in [0.2, 0.25) is 0 Å². The van der Waals surface area contributed by atoms with E-state index in [4.69, 9.17) is 62.6 Å². The van der Waals surface area contributed by atoms with Crippen LogP contribution < -0.4 is 17.0 Å². The van der Waals surface area contributed by atoms with Crippen LogP contribution in [0.5, 0.6) is 0 Å². The summed E-state index contributed by atoms with van der Waals surface area (Å²) in [6.07, 6.45) is -9.65. The van der Waals surface area contributed by atoms with Crippen molar-refractivity contribution in [2.24, 2.45) is 0 Å². The number of aromatic nitrogens is 8. The number of hydrogen-bond donors (Lipinski definition) is 5. The normalized spacial score (nSPS) is 35.3. The zero-order valence-corrected chi connectivity index (χ0v) is 32.2. The first-order chi connectivity index (χ1) is 21.3. The minimum Gasteiger partial charge on any atom is -0.412 e. The molecule has 0 saturated carbocycles. The summed E-state index contributed by atoms with van der Waals surface area (Å²) in [5.74, 6) is -0.213. The number of nitrogens with one attached hydrogen (secondary N) is 1. The maximum absolute atomic E-state index is 16.0. The van der Waals surface area contributed by atoms with Crippen LogP contribution in [0.15, 0.2) is 23.8 Å². The van der Waals surface area contributed by atoms with Crippen molar-refractivity contribution >= 4 is 130 Å². The summed E-state index contributed by atoms with van der Waals surface area (Å²) in [4.78, 5) is 56.6. The molecule has 2 bridgehead atoms. The molecule has 0 unspecified atom stereocenters. The molecule has 3 aliphatic rings. The number of aromatic amines is 1. The SMILES string of the molecule is Nc1nc2c(ncn2[C@@H]2O[C@@H]3CO[P@@](O)(=S)O[C@H]4[C@H](F)[C@H](n5cnc6c(N)ncnc65)O[C@@H]4CO[P@@](O)(=S)O[C@@H]2[C@@H]3F)c(=O)[nH]1.O.[Na].[Na]. The van der Waals surface area contributed by atoms with Crippen LogP contribution in [0.25, 0.3) is 22.3 Å². The Bertz CT molecular complexity index is 1970. The van der Waals surface area contributed by atoms with Crippen LogP contribution in [0.3, 0.4) is 0 Å². The second kappa shape index (κ2) is 15.1. The van der Waals surface area contributed by atoms with Crippen molar-refractivity contribution in [3.63, 3.8) is 0 Å². The largest absolute Gasteiger partial charge is 0.412 e. The Morgan fingerprint density at radius 2 is 1.44 bits per heavy atom. The minimum absolute atomic E-state index is 0. The van der Waals surface area contributed by atoms with Gasteiger partial charge in [-0.3, -0.25) is 28.0 Å². The summed E-state index contributed by atoms with van der Waals surface area (Å²) in [5, 5.41) is 0. The maximum Gasteiger partial charge on any atom is 0.325 e. The zero-order chi connectivity index (χ0) is 31.8. The standard InChI is InChI=1S/C20H22F2N10O9P2S2.2Na.H2O/c21-8-6-1-36-42(34,44)40-12-7(39-18(9(12)22)31-4-27-10-14(23)25-3-26-15(10)31)2-37-43(35,45)41-13(8)19(38-6)32-5-28-11-16(32)29-20(24)30-17(11)33;;;/h3-9,12-13,18-19H,1-2H2,(H,34,44)(H,35,45)(H2,23,25,26)(H3,24,29,30,33);;;1H2/t6-,7-,8-,9+,12-,13-,18-,19-,42-,43-;;;/m1.../s1. The monoisotopic (exact) mass is 774 g/mol. The van der Waals surface area contributed by atoms with Gasteiger partial charge in [-0.1, -0.05) is 0 Å². The molecule has 9 N–H and O–H groups in total. The Labute approximate surface area is 321 Å². The molecule has 0 aromatic carbocycles. The fourth-order valence-electron chi connectivity index (χ4n) is 5.23. The summed E-state index contributed by atoms with van der Waals surface area (Å²) in [7, 11) is 0. The smallest absolute Gasteiger partial charge is 0.325 e. The molecule has 20 nitrogen and oxygen atoms in total. The van der Waals surface area contributed by atoms with E-state index < -0.39 is 81.4 Å². The van der Waals surface area contributed by atoms with Crippen LogP contribution in [0.4, 0.5) is 20.5 Å². The average Bonchev–Trinajstić information content (AvgIpc) is 3.72. The fraction of sp³-hybridized carbons (Fsp3) is 0.500. The Kier molecular flexibility index (Phi) is 12.6. The van der Waals surface area contributed by atoms with Gasteiger partial charge in [-0.05, 0) is 23.6 Å². The molecule has 3 aliphatic heterocycles. The van der Waals surface area contributed by atoms with Gasteiger partial charge in [0.2, 0.25) is 5.95 Å². The summed E-state index contributed by atoms with van der Waals surface area (Å²) in [6, 6.07) is 0. The third-order valence-corrected chi connectivity index (χ3v) is 10.4. The number of halogens is 2. The molecular weight excluding hydrogens is 750 g/mol. The van der Waals surface area contributed by atoms with Gasteiger partial charge < -0.3 is 45.3 Å². The van der Waals surface area contributed by atoms with Crippen molar-refractivity contribution in [2.75, 3.05) is 24.7 Å². The van der Waals surface area contributed by atoms with Crippen LogP contribution >= 0.6 is 13.4 Å². The van der Waals surface area contributed by atoms with Gasteiger partial charge >= 0.3 is 13.4 Å². The van der Waals surface area contributed by atoms with Crippen molar-refractivity contribution in [3.05, 3.63) is 29.3 Å². The number of alkyl halides is 2. The topological polar surface area (TPSA) is 287 Å². The summed E-state index contributed by atoms with van der Waals surface area (Å²) >= 11 is 10.3. The average molecular weight is 775 g/mol. The number of hydrogen-bond acceptors (Lipinski definition) is 16. The molecule has 4 aromatic heterocycles. The summed E-state index contributed by atoms with van der Waals surface area (Å²) in [6.45, 7) is -10.0. The predicted octanol–water partition coefficient (Wildman–Crippen LogP) is -1.74. The molecule has 4 aromatic rings. The van der Waals surface area contributed by atoms with E-state index in [0.29, 0.717) is 0 Å². The predicted molar refractivity (Wildman–Crippen MR) is 170 cm³/mol. The minimum atomic E-state index is -4.35. The zero-order valence-electron chi connectivity index (χ0n) is 24.8. The van der Waals surface area contributed by atoms with Crippen LogP contribution in [0.1, 0.15) is 12.5 Å².